The van der Waals surface area contributed by atoms with Crippen LogP contribution in [0.3, 0.4) is 0 Å². The molecule has 2 atom stereocenters. The number of sulfonamides is 1. The molecule has 0 spiro atoms. The predicted octanol–water partition coefficient (Wildman–Crippen LogP) is 2.56. The Morgan fingerprint density at radius 2 is 1.87 bits per heavy atom. The third-order valence-corrected chi connectivity index (χ3v) is 6.70. The van der Waals surface area contributed by atoms with E-state index in [0.717, 1.165) is 31.5 Å². The van der Waals surface area contributed by atoms with Crippen LogP contribution in [-0.2, 0) is 16.2 Å². The molecule has 2 fully saturated rings. The molecule has 23 heavy (non-hydrogen) atoms. The average Bonchev–Trinajstić information content (AvgIpc) is 2.92. The lowest BCUT2D eigenvalue weighted by atomic mass is 10.1. The summed E-state index contributed by atoms with van der Waals surface area (Å²) in [5, 5.41) is 0. The number of halogens is 3. The molecule has 4 nitrogen and oxygen atoms in total. The molecule has 2 aliphatic heterocycles. The number of hydrogen-bond acceptors (Lipinski definition) is 3. The molecule has 0 aromatic heterocycles. The van der Waals surface area contributed by atoms with Gasteiger partial charge in [0, 0.05) is 25.2 Å². The molecular weight excluding hydrogens is 329 g/mol. The first-order valence-corrected chi connectivity index (χ1v) is 9.07. The van der Waals surface area contributed by atoms with Crippen molar-refractivity contribution in [2.24, 2.45) is 0 Å². The Morgan fingerprint density at radius 1 is 1.17 bits per heavy atom. The highest BCUT2D eigenvalue weighted by atomic mass is 32.2. The van der Waals surface area contributed by atoms with Gasteiger partial charge in [-0.1, -0.05) is 12.1 Å². The van der Waals surface area contributed by atoms with Crippen molar-refractivity contribution in [1.29, 1.82) is 0 Å². The van der Waals surface area contributed by atoms with Crippen LogP contribution in [0.4, 0.5) is 13.2 Å². The predicted molar refractivity (Wildman–Crippen MR) is 79.4 cm³/mol. The van der Waals surface area contributed by atoms with E-state index in [1.54, 1.807) is 6.92 Å². The van der Waals surface area contributed by atoms with Crippen LogP contribution < -0.4 is 0 Å². The Kier molecular flexibility index (Phi) is 4.18. The summed E-state index contributed by atoms with van der Waals surface area (Å²) in [6, 6.07) is 4.18. The van der Waals surface area contributed by atoms with Gasteiger partial charge in [0.15, 0.2) is 0 Å². The molecule has 0 bridgehead atoms. The van der Waals surface area contributed by atoms with Crippen LogP contribution in [0.1, 0.15) is 25.3 Å². The summed E-state index contributed by atoms with van der Waals surface area (Å²) in [5.74, 6) is 0. The van der Waals surface area contributed by atoms with Crippen LogP contribution in [0.25, 0.3) is 0 Å². The summed E-state index contributed by atoms with van der Waals surface area (Å²) in [5.41, 5.74) is -1.10. The van der Waals surface area contributed by atoms with Gasteiger partial charge >= 0.3 is 6.18 Å². The fraction of sp³-hybridized carbons (Fsp3) is 0.600. The second-order valence-electron chi connectivity index (χ2n) is 6.21. The molecule has 2 aliphatic rings. The first kappa shape index (κ1) is 16.7. The van der Waals surface area contributed by atoms with Crippen molar-refractivity contribution in [3.63, 3.8) is 0 Å². The van der Waals surface area contributed by atoms with Gasteiger partial charge in [0.1, 0.15) is 0 Å². The first-order chi connectivity index (χ1) is 10.7. The molecule has 8 heteroatoms. The van der Waals surface area contributed by atoms with E-state index in [1.165, 1.54) is 16.4 Å². The van der Waals surface area contributed by atoms with Crippen molar-refractivity contribution in [1.82, 2.24) is 9.21 Å². The molecule has 0 aliphatic carbocycles. The number of nitrogens with zero attached hydrogens (tertiary/aromatic N) is 2. The van der Waals surface area contributed by atoms with Crippen LogP contribution in [0.2, 0.25) is 0 Å². The molecule has 3 rings (SSSR count). The molecule has 0 radical (unpaired) electrons. The van der Waals surface area contributed by atoms with Crippen molar-refractivity contribution in [3.05, 3.63) is 29.8 Å². The maximum Gasteiger partial charge on any atom is 0.417 e. The molecule has 128 valence electrons. The first-order valence-electron chi connectivity index (χ1n) is 7.63. The van der Waals surface area contributed by atoms with E-state index in [-0.39, 0.29) is 18.6 Å². The Hall–Kier alpha value is -1.12. The van der Waals surface area contributed by atoms with Crippen LogP contribution in [-0.4, -0.2) is 49.3 Å². The van der Waals surface area contributed by atoms with E-state index in [9.17, 15) is 21.6 Å². The molecule has 2 unspecified atom stereocenters. The maximum absolute atomic E-state index is 13.2. The zero-order valence-corrected chi connectivity index (χ0v) is 13.6. The van der Waals surface area contributed by atoms with Gasteiger partial charge in [-0.25, -0.2) is 8.42 Å². The van der Waals surface area contributed by atoms with Crippen LogP contribution in [0, 0.1) is 0 Å². The minimum Gasteiger partial charge on any atom is -0.297 e. The lowest BCUT2D eigenvalue weighted by molar-refractivity contribution is -0.139. The van der Waals surface area contributed by atoms with Crippen LogP contribution in [0.5, 0.6) is 0 Å². The summed E-state index contributed by atoms with van der Waals surface area (Å²) in [7, 11) is -4.18. The Morgan fingerprint density at radius 3 is 2.57 bits per heavy atom. The molecule has 1 aromatic rings. The van der Waals surface area contributed by atoms with E-state index < -0.39 is 26.7 Å². The molecule has 1 aromatic carbocycles. The van der Waals surface area contributed by atoms with E-state index in [2.05, 4.69) is 4.90 Å². The van der Waals surface area contributed by atoms with E-state index in [0.29, 0.717) is 6.54 Å². The van der Waals surface area contributed by atoms with Gasteiger partial charge in [0.25, 0.3) is 0 Å². The summed E-state index contributed by atoms with van der Waals surface area (Å²) >= 11 is 0. The van der Waals surface area contributed by atoms with Crippen molar-refractivity contribution in [2.75, 3.05) is 19.6 Å². The van der Waals surface area contributed by atoms with Gasteiger partial charge in [0.05, 0.1) is 10.5 Å². The zero-order valence-electron chi connectivity index (χ0n) is 12.8. The third-order valence-electron chi connectivity index (χ3n) is 4.66. The Labute approximate surface area is 133 Å². The third kappa shape index (κ3) is 2.99. The van der Waals surface area contributed by atoms with Gasteiger partial charge in [-0.15, -0.1) is 0 Å². The topological polar surface area (TPSA) is 40.6 Å². The quantitative estimate of drug-likeness (QED) is 0.825. The molecule has 0 N–H and O–H groups in total. The van der Waals surface area contributed by atoms with Crippen molar-refractivity contribution >= 4 is 10.0 Å². The molecule has 0 saturated carbocycles. The number of hydrogen-bond donors (Lipinski definition) is 0. The lowest BCUT2D eigenvalue weighted by Gasteiger charge is -2.41. The van der Waals surface area contributed by atoms with Gasteiger partial charge in [-0.2, -0.15) is 17.5 Å². The summed E-state index contributed by atoms with van der Waals surface area (Å²) in [6.07, 6.45) is -2.80. The second-order valence-corrected chi connectivity index (χ2v) is 8.07. The van der Waals surface area contributed by atoms with Gasteiger partial charge in [-0.05, 0) is 38.4 Å². The summed E-state index contributed by atoms with van der Waals surface area (Å²) in [6.45, 7) is 3.51. The standard InChI is InChI=1S/C15H19F3N2O2S/c1-11-9-19-8-4-5-12(19)10-20(11)23(21,22)14-7-3-2-6-13(14)15(16,17)18/h2-3,6-7,11-12H,4-5,8-10H2,1H3. The minimum atomic E-state index is -4.69. The molecule has 2 saturated heterocycles. The Bertz CT molecular complexity index is 690. The summed E-state index contributed by atoms with van der Waals surface area (Å²) in [4.78, 5) is 1.58. The number of rotatable bonds is 2. The van der Waals surface area contributed by atoms with Crippen LogP contribution >= 0.6 is 0 Å². The normalized spacial score (nSPS) is 27.1. The second kappa shape index (κ2) is 5.75. The minimum absolute atomic E-state index is 0.110. The lowest BCUT2D eigenvalue weighted by Crippen LogP contribution is -2.56. The summed E-state index contributed by atoms with van der Waals surface area (Å²) < 4.78 is 66.5. The average molecular weight is 348 g/mol. The number of alkyl halides is 3. The highest BCUT2D eigenvalue weighted by molar-refractivity contribution is 7.89. The number of fused-ring (bicyclic) bond motifs is 1. The Balaban J connectivity index is 1.99. The van der Waals surface area contributed by atoms with Gasteiger partial charge in [0.2, 0.25) is 10.0 Å². The SMILES string of the molecule is CC1CN2CCCC2CN1S(=O)(=O)c1ccccc1C(F)(F)F. The van der Waals surface area contributed by atoms with Crippen molar-refractivity contribution in [3.8, 4) is 0 Å². The molecule has 2 heterocycles. The highest BCUT2D eigenvalue weighted by Gasteiger charge is 2.43. The van der Waals surface area contributed by atoms with Crippen molar-refractivity contribution < 1.29 is 21.6 Å². The number of piperazine rings is 1. The van der Waals surface area contributed by atoms with Crippen LogP contribution in [0.15, 0.2) is 29.2 Å². The largest absolute Gasteiger partial charge is 0.417 e. The zero-order chi connectivity index (χ0) is 16.8. The fourth-order valence-corrected chi connectivity index (χ4v) is 5.42. The van der Waals surface area contributed by atoms with E-state index in [4.69, 9.17) is 0 Å². The molecular formula is C15H19F3N2O2S. The number of benzene rings is 1. The van der Waals surface area contributed by atoms with Crippen molar-refractivity contribution in [2.45, 2.75) is 42.9 Å². The van der Waals surface area contributed by atoms with Gasteiger partial charge < -0.3 is 0 Å². The maximum atomic E-state index is 13.2. The smallest absolute Gasteiger partial charge is 0.297 e. The highest BCUT2D eigenvalue weighted by Crippen LogP contribution is 2.37. The monoisotopic (exact) mass is 348 g/mol. The van der Waals surface area contributed by atoms with E-state index >= 15 is 0 Å². The molecule has 0 amide bonds. The van der Waals surface area contributed by atoms with E-state index in [1.807, 2.05) is 0 Å². The fourth-order valence-electron chi connectivity index (χ4n) is 3.55. The van der Waals surface area contributed by atoms with Gasteiger partial charge in [-0.3, -0.25) is 4.90 Å².